The van der Waals surface area contributed by atoms with E-state index in [1.807, 2.05) is 50.2 Å². The minimum atomic E-state index is -3.42. The lowest BCUT2D eigenvalue weighted by Crippen LogP contribution is -2.27. The molecule has 30 heavy (non-hydrogen) atoms. The minimum absolute atomic E-state index is 0.154. The van der Waals surface area contributed by atoms with Crippen molar-refractivity contribution < 1.29 is 13.2 Å². The Morgan fingerprint density at radius 3 is 2.47 bits per heavy atom. The Labute approximate surface area is 177 Å². The summed E-state index contributed by atoms with van der Waals surface area (Å²) in [6.45, 7) is 5.86. The zero-order valence-electron chi connectivity index (χ0n) is 17.3. The van der Waals surface area contributed by atoms with E-state index in [-0.39, 0.29) is 6.10 Å². The molecule has 0 bridgehead atoms. The van der Waals surface area contributed by atoms with Crippen molar-refractivity contribution in [1.82, 2.24) is 9.29 Å². The number of fused-ring (bicyclic) bond motifs is 1. The van der Waals surface area contributed by atoms with Crippen LogP contribution in [0.15, 0.2) is 59.5 Å². The molecule has 1 saturated heterocycles. The molecule has 7 heteroatoms. The van der Waals surface area contributed by atoms with E-state index < -0.39 is 10.0 Å². The van der Waals surface area contributed by atoms with E-state index in [2.05, 4.69) is 10.3 Å². The Bertz CT molecular complexity index is 1120. The maximum absolute atomic E-state index is 12.8. The van der Waals surface area contributed by atoms with E-state index in [4.69, 9.17) is 4.74 Å². The smallest absolute Gasteiger partial charge is 0.243 e. The highest BCUT2D eigenvalue weighted by atomic mass is 32.2. The number of sulfonamides is 1. The summed E-state index contributed by atoms with van der Waals surface area (Å²) in [6, 6.07) is 16.9. The van der Waals surface area contributed by atoms with Crippen molar-refractivity contribution in [3.63, 3.8) is 0 Å². The summed E-state index contributed by atoms with van der Waals surface area (Å²) >= 11 is 0. The predicted molar refractivity (Wildman–Crippen MR) is 119 cm³/mol. The van der Waals surface area contributed by atoms with Gasteiger partial charge in [0.05, 0.1) is 16.5 Å². The van der Waals surface area contributed by atoms with Crippen molar-refractivity contribution in [2.24, 2.45) is 0 Å². The van der Waals surface area contributed by atoms with Crippen molar-refractivity contribution in [1.29, 1.82) is 0 Å². The Hall–Kier alpha value is -2.64. The van der Waals surface area contributed by atoms with Crippen LogP contribution in [0.1, 0.15) is 32.3 Å². The molecule has 3 aromatic rings. The van der Waals surface area contributed by atoms with Gasteiger partial charge in [0.1, 0.15) is 11.6 Å². The molecular weight excluding hydrogens is 398 g/mol. The van der Waals surface area contributed by atoms with Gasteiger partial charge in [-0.25, -0.2) is 13.4 Å². The summed E-state index contributed by atoms with van der Waals surface area (Å²) in [5, 5.41) is 4.14. The number of aromatic nitrogens is 1. The number of benzene rings is 2. The fourth-order valence-corrected chi connectivity index (χ4v) is 5.14. The number of ether oxygens (including phenoxy) is 1. The molecule has 0 radical (unpaired) electrons. The van der Waals surface area contributed by atoms with Crippen LogP contribution in [0.3, 0.4) is 0 Å². The zero-order valence-corrected chi connectivity index (χ0v) is 18.2. The van der Waals surface area contributed by atoms with Gasteiger partial charge in [-0.1, -0.05) is 12.1 Å². The normalized spacial score (nSPS) is 15.0. The Morgan fingerprint density at radius 1 is 1.03 bits per heavy atom. The first-order valence-electron chi connectivity index (χ1n) is 10.3. The highest BCUT2D eigenvalue weighted by molar-refractivity contribution is 7.89. The molecule has 158 valence electrons. The zero-order chi connectivity index (χ0) is 21.1. The number of hydrogen-bond acceptors (Lipinski definition) is 5. The fourth-order valence-electron chi connectivity index (χ4n) is 3.59. The van der Waals surface area contributed by atoms with Crippen LogP contribution in [-0.2, 0) is 16.6 Å². The molecule has 4 rings (SSSR count). The lowest BCUT2D eigenvalue weighted by molar-refractivity contribution is 0.242. The van der Waals surface area contributed by atoms with Gasteiger partial charge in [-0.3, -0.25) is 0 Å². The summed E-state index contributed by atoms with van der Waals surface area (Å²) in [7, 11) is -3.42. The highest BCUT2D eigenvalue weighted by Crippen LogP contribution is 2.25. The van der Waals surface area contributed by atoms with Gasteiger partial charge in [0.15, 0.2) is 0 Å². The van der Waals surface area contributed by atoms with E-state index in [0.29, 0.717) is 24.5 Å². The highest BCUT2D eigenvalue weighted by Gasteiger charge is 2.27. The number of nitrogens with one attached hydrogen (secondary N) is 1. The van der Waals surface area contributed by atoms with E-state index >= 15 is 0 Å². The van der Waals surface area contributed by atoms with Crippen LogP contribution in [-0.4, -0.2) is 36.9 Å². The summed E-state index contributed by atoms with van der Waals surface area (Å²) in [6.07, 6.45) is 2.01. The molecule has 0 unspecified atom stereocenters. The molecular formula is C23H27N3O3S. The maximum Gasteiger partial charge on any atom is 0.243 e. The van der Waals surface area contributed by atoms with Gasteiger partial charge in [-0.2, -0.15) is 4.31 Å². The summed E-state index contributed by atoms with van der Waals surface area (Å²) in [5.74, 6) is 1.61. The molecule has 6 nitrogen and oxygen atoms in total. The van der Waals surface area contributed by atoms with Gasteiger partial charge in [-0.05, 0) is 74.7 Å². The van der Waals surface area contributed by atoms with Crippen LogP contribution in [0.4, 0.5) is 5.82 Å². The Morgan fingerprint density at radius 2 is 1.77 bits per heavy atom. The standard InChI is InChI=1S/C23H27N3O3S/c1-17(2)29-20-8-5-18(6-9-20)16-24-23-12-7-19-15-21(10-11-22(19)25-23)30(27,28)26-13-3-4-14-26/h5-12,15,17H,3-4,13-14,16H2,1-2H3,(H,24,25). The lowest BCUT2D eigenvalue weighted by atomic mass is 10.2. The van der Waals surface area contributed by atoms with E-state index in [1.54, 1.807) is 22.5 Å². The van der Waals surface area contributed by atoms with E-state index in [0.717, 1.165) is 40.9 Å². The second-order valence-electron chi connectivity index (χ2n) is 7.83. The average Bonchev–Trinajstić information content (AvgIpc) is 3.28. The predicted octanol–water partition coefficient (Wildman–Crippen LogP) is 4.42. The topological polar surface area (TPSA) is 71.5 Å². The Kier molecular flexibility index (Phi) is 5.92. The number of rotatable bonds is 7. The first-order valence-corrected chi connectivity index (χ1v) is 11.8. The van der Waals surface area contributed by atoms with Gasteiger partial charge in [0.25, 0.3) is 0 Å². The number of anilines is 1. The minimum Gasteiger partial charge on any atom is -0.491 e. The molecule has 0 spiro atoms. The van der Waals surface area contributed by atoms with Gasteiger partial charge >= 0.3 is 0 Å². The van der Waals surface area contributed by atoms with E-state index in [1.165, 1.54) is 0 Å². The molecule has 0 amide bonds. The summed E-state index contributed by atoms with van der Waals surface area (Å²) in [5.41, 5.74) is 1.89. The average molecular weight is 426 g/mol. The monoisotopic (exact) mass is 425 g/mol. The molecule has 0 aliphatic carbocycles. The first kappa shape index (κ1) is 20.6. The van der Waals surface area contributed by atoms with Gasteiger partial charge in [0.2, 0.25) is 10.0 Å². The molecule has 1 aromatic heterocycles. The van der Waals surface area contributed by atoms with Crippen LogP contribution in [0.2, 0.25) is 0 Å². The van der Waals surface area contributed by atoms with Crippen LogP contribution in [0, 0.1) is 0 Å². The van der Waals surface area contributed by atoms with Gasteiger partial charge < -0.3 is 10.1 Å². The molecule has 1 aliphatic heterocycles. The molecule has 2 heterocycles. The number of nitrogens with zero attached hydrogens (tertiary/aromatic N) is 2. The third kappa shape index (κ3) is 4.57. The fraction of sp³-hybridized carbons (Fsp3) is 0.348. The number of pyridine rings is 1. The maximum atomic E-state index is 12.8. The Balaban J connectivity index is 1.46. The molecule has 0 saturated carbocycles. The van der Waals surface area contributed by atoms with Gasteiger partial charge in [0, 0.05) is 25.0 Å². The van der Waals surface area contributed by atoms with Crippen LogP contribution >= 0.6 is 0 Å². The molecule has 2 aromatic carbocycles. The molecule has 0 atom stereocenters. The van der Waals surface area contributed by atoms with Crippen molar-refractivity contribution in [3.8, 4) is 5.75 Å². The van der Waals surface area contributed by atoms with Crippen molar-refractivity contribution >= 4 is 26.7 Å². The van der Waals surface area contributed by atoms with Crippen molar-refractivity contribution in [2.45, 2.75) is 44.2 Å². The molecule has 1 fully saturated rings. The largest absolute Gasteiger partial charge is 0.491 e. The van der Waals surface area contributed by atoms with Gasteiger partial charge in [-0.15, -0.1) is 0 Å². The van der Waals surface area contributed by atoms with Crippen LogP contribution in [0.5, 0.6) is 5.75 Å². The third-order valence-electron chi connectivity index (χ3n) is 5.13. The molecule has 1 aliphatic rings. The van der Waals surface area contributed by atoms with Crippen LogP contribution < -0.4 is 10.1 Å². The van der Waals surface area contributed by atoms with Crippen molar-refractivity contribution in [3.05, 3.63) is 60.2 Å². The quantitative estimate of drug-likeness (QED) is 0.607. The summed E-state index contributed by atoms with van der Waals surface area (Å²) < 4.78 is 32.8. The second-order valence-corrected chi connectivity index (χ2v) is 9.76. The third-order valence-corrected chi connectivity index (χ3v) is 7.03. The summed E-state index contributed by atoms with van der Waals surface area (Å²) in [4.78, 5) is 4.96. The second kappa shape index (κ2) is 8.62. The molecule has 1 N–H and O–H groups in total. The first-order chi connectivity index (χ1) is 14.4. The van der Waals surface area contributed by atoms with Crippen molar-refractivity contribution in [2.75, 3.05) is 18.4 Å². The number of hydrogen-bond donors (Lipinski definition) is 1. The van der Waals surface area contributed by atoms with E-state index in [9.17, 15) is 8.42 Å². The SMILES string of the molecule is CC(C)Oc1ccc(CNc2ccc3cc(S(=O)(=O)N4CCCC4)ccc3n2)cc1. The van der Waals surface area contributed by atoms with Crippen LogP contribution in [0.25, 0.3) is 10.9 Å². The lowest BCUT2D eigenvalue weighted by Gasteiger charge is -2.16.